The van der Waals surface area contributed by atoms with Crippen molar-refractivity contribution in [2.75, 3.05) is 6.54 Å². The van der Waals surface area contributed by atoms with Crippen LogP contribution in [0.5, 0.6) is 0 Å². The molecule has 3 aromatic carbocycles. The van der Waals surface area contributed by atoms with Gasteiger partial charge in [-0.2, -0.15) is 0 Å². The first-order valence-electron chi connectivity index (χ1n) is 15.6. The fourth-order valence-corrected chi connectivity index (χ4v) is 4.53. The Kier molecular flexibility index (Phi) is 14.6. The van der Waals surface area contributed by atoms with Crippen molar-refractivity contribution >= 4 is 35.7 Å². The Balaban J connectivity index is 1.43. The van der Waals surface area contributed by atoms with Gasteiger partial charge in [-0.1, -0.05) is 83.9 Å². The normalized spacial score (nSPS) is 11.6. The van der Waals surface area contributed by atoms with E-state index in [0.29, 0.717) is 36.5 Å². The molecule has 1 atom stereocenters. The minimum atomic E-state index is -0.950. The highest BCUT2D eigenvalue weighted by atomic mass is 35.5. The quantitative estimate of drug-likeness (QED) is 0.0954. The zero-order chi connectivity index (χ0) is 34.2. The molecule has 3 amide bonds. The van der Waals surface area contributed by atoms with Crippen molar-refractivity contribution in [2.24, 2.45) is 0 Å². The average Bonchev–Trinajstić information content (AvgIpc) is 3.02. The third-order valence-electron chi connectivity index (χ3n) is 6.86. The van der Waals surface area contributed by atoms with Gasteiger partial charge in [0, 0.05) is 23.7 Å². The van der Waals surface area contributed by atoms with Crippen LogP contribution < -0.4 is 16.0 Å². The molecular formula is C36H44ClN3O7. The summed E-state index contributed by atoms with van der Waals surface area (Å²) < 4.78 is 16.1. The van der Waals surface area contributed by atoms with Crippen LogP contribution in [0.25, 0.3) is 0 Å². The van der Waals surface area contributed by atoms with Crippen molar-refractivity contribution in [2.45, 2.75) is 84.8 Å². The fourth-order valence-electron chi connectivity index (χ4n) is 4.34. The van der Waals surface area contributed by atoms with Crippen molar-refractivity contribution in [3.05, 3.63) is 106 Å². The number of nitrogens with one attached hydrogen (secondary N) is 3. The molecule has 0 aliphatic heterocycles. The molecule has 3 N–H and O–H groups in total. The van der Waals surface area contributed by atoms with Gasteiger partial charge < -0.3 is 30.2 Å². The third-order valence-corrected chi connectivity index (χ3v) is 7.23. The smallest absolute Gasteiger partial charge is 0.408 e. The van der Waals surface area contributed by atoms with Crippen LogP contribution in [0, 0.1) is 6.92 Å². The highest BCUT2D eigenvalue weighted by molar-refractivity contribution is 6.31. The van der Waals surface area contributed by atoms with Crippen LogP contribution in [0.2, 0.25) is 5.02 Å². The first-order chi connectivity index (χ1) is 22.4. The number of rotatable bonds is 15. The van der Waals surface area contributed by atoms with E-state index in [9.17, 15) is 19.2 Å². The highest BCUT2D eigenvalue weighted by Crippen LogP contribution is 2.16. The van der Waals surface area contributed by atoms with Crippen LogP contribution in [0.15, 0.2) is 72.8 Å². The van der Waals surface area contributed by atoms with Crippen LogP contribution >= 0.6 is 11.6 Å². The summed E-state index contributed by atoms with van der Waals surface area (Å²) in [5.41, 5.74) is 3.71. The Labute approximate surface area is 281 Å². The van der Waals surface area contributed by atoms with Gasteiger partial charge in [-0.15, -0.1) is 0 Å². The van der Waals surface area contributed by atoms with E-state index in [1.807, 2.05) is 49.4 Å². The van der Waals surface area contributed by atoms with E-state index < -0.39 is 29.8 Å². The standard InChI is InChI=1S/C36H44ClN3O7/c1-25-12-14-27(15-13-25)22-39-32(41)21-26-16-18-28(19-17-26)23-45-33(42)31(40-35(44)47-36(2,3)4)11-7-8-20-38-34(43)46-24-29-9-5-6-10-30(29)37/h5-6,9-10,12-19,31H,7-8,11,20-24H2,1-4H3,(H,38,43)(H,39,41)(H,40,44)/t31-/m1/s1. The molecule has 11 heteroatoms. The lowest BCUT2D eigenvalue weighted by Gasteiger charge is -2.23. The number of halogens is 1. The van der Waals surface area contributed by atoms with Gasteiger partial charge in [0.1, 0.15) is 24.9 Å². The van der Waals surface area contributed by atoms with Gasteiger partial charge in [0.2, 0.25) is 5.91 Å². The molecule has 0 aromatic heterocycles. The van der Waals surface area contributed by atoms with E-state index in [2.05, 4.69) is 16.0 Å². The van der Waals surface area contributed by atoms with Crippen LogP contribution in [0.1, 0.15) is 67.9 Å². The molecule has 3 aromatic rings. The van der Waals surface area contributed by atoms with Gasteiger partial charge in [-0.25, -0.2) is 14.4 Å². The van der Waals surface area contributed by atoms with E-state index in [0.717, 1.165) is 22.3 Å². The maximum absolute atomic E-state index is 13.0. The van der Waals surface area contributed by atoms with Gasteiger partial charge >= 0.3 is 18.2 Å². The van der Waals surface area contributed by atoms with Crippen molar-refractivity contribution in [1.29, 1.82) is 0 Å². The van der Waals surface area contributed by atoms with Gasteiger partial charge in [0.25, 0.3) is 0 Å². The number of ether oxygens (including phenoxy) is 3. The molecule has 0 fully saturated rings. The molecule has 0 heterocycles. The summed E-state index contributed by atoms with van der Waals surface area (Å²) in [5.74, 6) is -0.701. The number of aryl methyl sites for hydroxylation is 1. The third kappa shape index (κ3) is 14.6. The summed E-state index contributed by atoms with van der Waals surface area (Å²) in [6.45, 7) is 8.01. The van der Waals surface area contributed by atoms with E-state index in [1.165, 1.54) is 0 Å². The summed E-state index contributed by atoms with van der Waals surface area (Å²) in [6, 6.07) is 21.4. The fraction of sp³-hybridized carbons (Fsp3) is 0.389. The lowest BCUT2D eigenvalue weighted by atomic mass is 10.1. The van der Waals surface area contributed by atoms with Crippen LogP contribution in [0.3, 0.4) is 0 Å². The van der Waals surface area contributed by atoms with Crippen LogP contribution in [-0.2, 0) is 50.0 Å². The monoisotopic (exact) mass is 665 g/mol. The Hall–Kier alpha value is -4.57. The second kappa shape index (κ2) is 18.5. The molecule has 0 aliphatic rings. The van der Waals surface area contributed by atoms with Crippen molar-refractivity contribution in [3.63, 3.8) is 0 Å². The lowest BCUT2D eigenvalue weighted by Crippen LogP contribution is -2.44. The first kappa shape index (κ1) is 36.9. The molecule has 0 aliphatic carbocycles. The minimum absolute atomic E-state index is 0.00986. The number of carbonyl (C=O) groups is 4. The van der Waals surface area contributed by atoms with E-state index in [4.69, 9.17) is 25.8 Å². The average molecular weight is 666 g/mol. The minimum Gasteiger partial charge on any atom is -0.459 e. The topological polar surface area (TPSA) is 132 Å². The molecule has 0 spiro atoms. The van der Waals surface area contributed by atoms with Crippen molar-refractivity contribution < 1.29 is 33.4 Å². The molecule has 252 valence electrons. The number of benzene rings is 3. The van der Waals surface area contributed by atoms with Crippen LogP contribution in [-0.4, -0.2) is 42.3 Å². The second-order valence-corrected chi connectivity index (χ2v) is 12.6. The SMILES string of the molecule is Cc1ccc(CNC(=O)Cc2ccc(COC(=O)[C@@H](CCCCNC(=O)OCc3ccccc3Cl)NC(=O)OC(C)(C)C)cc2)cc1. The predicted octanol–water partition coefficient (Wildman–Crippen LogP) is 6.54. The number of hydrogen-bond donors (Lipinski definition) is 3. The molecular weight excluding hydrogens is 622 g/mol. The number of carbonyl (C=O) groups excluding carboxylic acids is 4. The molecule has 3 rings (SSSR count). The number of hydrogen-bond acceptors (Lipinski definition) is 7. The summed E-state index contributed by atoms with van der Waals surface area (Å²) in [6.07, 6.45) is 0.210. The van der Waals surface area contributed by atoms with E-state index in [-0.39, 0.29) is 32.0 Å². The van der Waals surface area contributed by atoms with Gasteiger partial charge in [-0.3, -0.25) is 4.79 Å². The molecule has 0 saturated heterocycles. The maximum atomic E-state index is 13.0. The number of amides is 3. The van der Waals surface area contributed by atoms with Crippen molar-refractivity contribution in [3.8, 4) is 0 Å². The van der Waals surface area contributed by atoms with Gasteiger partial charge in [-0.05, 0) is 69.7 Å². The van der Waals surface area contributed by atoms with Gasteiger partial charge in [0.05, 0.1) is 6.42 Å². The number of esters is 1. The molecule has 0 bridgehead atoms. The van der Waals surface area contributed by atoms with E-state index in [1.54, 1.807) is 51.1 Å². The zero-order valence-corrected chi connectivity index (χ0v) is 28.2. The second-order valence-electron chi connectivity index (χ2n) is 12.2. The number of unbranched alkanes of at least 4 members (excludes halogenated alkanes) is 1. The van der Waals surface area contributed by atoms with Crippen molar-refractivity contribution in [1.82, 2.24) is 16.0 Å². The largest absolute Gasteiger partial charge is 0.459 e. The first-order valence-corrected chi connectivity index (χ1v) is 16.0. The molecule has 47 heavy (non-hydrogen) atoms. The number of alkyl carbamates (subject to hydrolysis) is 2. The zero-order valence-electron chi connectivity index (χ0n) is 27.4. The Morgan fingerprint density at radius 3 is 2.11 bits per heavy atom. The van der Waals surface area contributed by atoms with E-state index >= 15 is 0 Å². The Morgan fingerprint density at radius 1 is 0.766 bits per heavy atom. The summed E-state index contributed by atoms with van der Waals surface area (Å²) in [5, 5.41) is 8.71. The molecule has 0 radical (unpaired) electrons. The predicted molar refractivity (Wildman–Crippen MR) is 180 cm³/mol. The Morgan fingerprint density at radius 2 is 1.43 bits per heavy atom. The Bertz CT molecular complexity index is 1470. The lowest BCUT2D eigenvalue weighted by molar-refractivity contribution is -0.147. The molecule has 0 unspecified atom stereocenters. The molecule has 10 nitrogen and oxygen atoms in total. The van der Waals surface area contributed by atoms with Gasteiger partial charge in [0.15, 0.2) is 0 Å². The summed E-state index contributed by atoms with van der Waals surface area (Å²) in [4.78, 5) is 49.9. The van der Waals surface area contributed by atoms with Crippen LogP contribution in [0.4, 0.5) is 9.59 Å². The summed E-state index contributed by atoms with van der Waals surface area (Å²) in [7, 11) is 0. The molecule has 0 saturated carbocycles. The maximum Gasteiger partial charge on any atom is 0.408 e. The summed E-state index contributed by atoms with van der Waals surface area (Å²) >= 11 is 6.09. The highest BCUT2D eigenvalue weighted by Gasteiger charge is 2.25.